The van der Waals surface area contributed by atoms with E-state index in [4.69, 9.17) is 4.74 Å². The molecule has 0 saturated heterocycles. The Bertz CT molecular complexity index is 1540. The van der Waals surface area contributed by atoms with Gasteiger partial charge in [0.05, 0.1) is 22.1 Å². The van der Waals surface area contributed by atoms with Crippen molar-refractivity contribution in [2.45, 2.75) is 6.61 Å². The summed E-state index contributed by atoms with van der Waals surface area (Å²) in [6.45, 7) is 3.38. The summed E-state index contributed by atoms with van der Waals surface area (Å²) in [5.41, 5.74) is 1.87. The maximum Gasteiger partial charge on any atom is 0.338 e. The number of aromatic amines is 1. The molecular weight excluding hydrogens is 454 g/mol. The molecular formula is C25H17N3O5S. The zero-order chi connectivity index (χ0) is 23.8. The van der Waals surface area contributed by atoms with Crippen LogP contribution in [0.1, 0.15) is 36.9 Å². The van der Waals surface area contributed by atoms with E-state index in [1.54, 1.807) is 0 Å². The van der Waals surface area contributed by atoms with Crippen LogP contribution < -0.4 is 5.56 Å². The van der Waals surface area contributed by atoms with E-state index in [2.05, 4.69) is 16.5 Å². The molecule has 4 aromatic rings. The van der Waals surface area contributed by atoms with Crippen molar-refractivity contribution in [2.24, 2.45) is 0 Å². The number of nitrogens with one attached hydrogen (secondary N) is 1. The van der Waals surface area contributed by atoms with E-state index in [0.29, 0.717) is 10.2 Å². The second kappa shape index (κ2) is 8.53. The fourth-order valence-corrected chi connectivity index (χ4v) is 4.79. The van der Waals surface area contributed by atoms with Crippen LogP contribution in [0.3, 0.4) is 0 Å². The summed E-state index contributed by atoms with van der Waals surface area (Å²) >= 11 is 1.33. The van der Waals surface area contributed by atoms with Gasteiger partial charge in [0.25, 0.3) is 17.4 Å². The van der Waals surface area contributed by atoms with Crippen LogP contribution >= 0.6 is 11.3 Å². The molecule has 0 atom stereocenters. The smallest absolute Gasteiger partial charge is 0.338 e. The van der Waals surface area contributed by atoms with Crippen molar-refractivity contribution >= 4 is 39.3 Å². The maximum atomic E-state index is 12.7. The first-order chi connectivity index (χ1) is 16.5. The van der Waals surface area contributed by atoms with Crippen molar-refractivity contribution in [2.75, 3.05) is 6.54 Å². The van der Waals surface area contributed by atoms with Gasteiger partial charge in [-0.1, -0.05) is 36.4 Å². The number of hydrogen-bond donors (Lipinski definition) is 1. The molecule has 2 aromatic carbocycles. The fraction of sp³-hybridized carbons (Fsp3) is 0.0800. The number of carbonyl (C=O) groups excluding carboxylic acids is 3. The standard InChI is InChI=1S/C25H17N3O5S/c1-2-10-28-23(30)16-9-8-15(11-17(16)24(28)31)25(32)33-12-19-26-21(29)20-18(13-34-22(20)27-19)14-6-4-3-5-7-14/h2-9,11,13H,1,10,12H2,(H,26,27,29). The van der Waals surface area contributed by atoms with Crippen LogP contribution in [-0.2, 0) is 11.3 Å². The van der Waals surface area contributed by atoms with E-state index in [-0.39, 0.29) is 41.2 Å². The first-order valence-corrected chi connectivity index (χ1v) is 11.2. The second-order valence-electron chi connectivity index (χ2n) is 7.55. The highest BCUT2D eigenvalue weighted by atomic mass is 32.1. The van der Waals surface area contributed by atoms with Crippen molar-refractivity contribution in [3.8, 4) is 11.1 Å². The maximum absolute atomic E-state index is 12.7. The third-order valence-corrected chi connectivity index (χ3v) is 6.31. The number of aromatic nitrogens is 2. The quantitative estimate of drug-likeness (QED) is 0.260. The fourth-order valence-electron chi connectivity index (χ4n) is 3.82. The second-order valence-corrected chi connectivity index (χ2v) is 8.41. The third kappa shape index (κ3) is 3.61. The van der Waals surface area contributed by atoms with Gasteiger partial charge in [-0.3, -0.25) is 19.3 Å². The molecule has 0 aliphatic carbocycles. The lowest BCUT2D eigenvalue weighted by Crippen LogP contribution is -2.29. The van der Waals surface area contributed by atoms with Gasteiger partial charge in [0.15, 0.2) is 0 Å². The lowest BCUT2D eigenvalue weighted by molar-refractivity contribution is 0.0462. The lowest BCUT2D eigenvalue weighted by atomic mass is 10.1. The highest BCUT2D eigenvalue weighted by Gasteiger charge is 2.35. The Morgan fingerprint density at radius 2 is 1.82 bits per heavy atom. The van der Waals surface area contributed by atoms with Gasteiger partial charge in [-0.15, -0.1) is 17.9 Å². The Balaban J connectivity index is 1.35. The molecule has 0 fully saturated rings. The van der Waals surface area contributed by atoms with E-state index in [9.17, 15) is 19.2 Å². The molecule has 1 N–H and O–H groups in total. The molecule has 168 valence electrons. The summed E-state index contributed by atoms with van der Waals surface area (Å²) in [7, 11) is 0. The molecule has 9 heteroatoms. The number of rotatable bonds is 6. The largest absolute Gasteiger partial charge is 0.454 e. The van der Waals surface area contributed by atoms with E-state index >= 15 is 0 Å². The van der Waals surface area contributed by atoms with Crippen LogP contribution in [0, 0.1) is 0 Å². The molecule has 0 unspecified atom stereocenters. The number of hydrogen-bond acceptors (Lipinski definition) is 7. The van der Waals surface area contributed by atoms with Crippen LogP contribution in [0.25, 0.3) is 21.3 Å². The zero-order valence-corrected chi connectivity index (χ0v) is 18.6. The molecule has 0 radical (unpaired) electrons. The number of ether oxygens (including phenoxy) is 1. The normalized spacial score (nSPS) is 12.8. The lowest BCUT2D eigenvalue weighted by Gasteiger charge is -2.09. The Hall–Kier alpha value is -4.37. The summed E-state index contributed by atoms with van der Waals surface area (Å²) in [4.78, 5) is 58.8. The van der Waals surface area contributed by atoms with Gasteiger partial charge < -0.3 is 9.72 Å². The highest BCUT2D eigenvalue weighted by Crippen LogP contribution is 2.30. The summed E-state index contributed by atoms with van der Waals surface area (Å²) in [6, 6.07) is 13.7. The summed E-state index contributed by atoms with van der Waals surface area (Å²) in [6.07, 6.45) is 1.46. The Kier molecular flexibility index (Phi) is 5.39. The minimum Gasteiger partial charge on any atom is -0.454 e. The van der Waals surface area contributed by atoms with Crippen molar-refractivity contribution in [3.63, 3.8) is 0 Å². The number of nitrogens with zero attached hydrogens (tertiary/aromatic N) is 2. The summed E-state index contributed by atoms with van der Waals surface area (Å²) in [5.74, 6) is -1.42. The van der Waals surface area contributed by atoms with Crippen molar-refractivity contribution in [1.29, 1.82) is 0 Å². The topological polar surface area (TPSA) is 109 Å². The van der Waals surface area contributed by atoms with E-state index in [1.165, 1.54) is 35.6 Å². The van der Waals surface area contributed by atoms with Crippen LogP contribution in [-0.4, -0.2) is 39.2 Å². The minimum atomic E-state index is -0.705. The summed E-state index contributed by atoms with van der Waals surface area (Å²) in [5, 5.41) is 2.36. The Morgan fingerprint density at radius 3 is 2.59 bits per heavy atom. The molecule has 8 nitrogen and oxygen atoms in total. The van der Waals surface area contributed by atoms with Crippen molar-refractivity contribution in [3.05, 3.63) is 99.4 Å². The molecule has 34 heavy (non-hydrogen) atoms. The molecule has 0 saturated carbocycles. The SMILES string of the molecule is C=CCN1C(=O)c2ccc(C(=O)OCc3nc4scc(-c5ccccc5)c4c(=O)[nH]3)cc2C1=O. The predicted molar refractivity (Wildman–Crippen MR) is 127 cm³/mol. The van der Waals surface area contributed by atoms with Crippen LogP contribution in [0.5, 0.6) is 0 Å². The molecule has 0 spiro atoms. The Labute approximate surface area is 197 Å². The predicted octanol–water partition coefficient (Wildman–Crippen LogP) is 3.79. The van der Waals surface area contributed by atoms with Gasteiger partial charge in [0, 0.05) is 17.5 Å². The number of benzene rings is 2. The van der Waals surface area contributed by atoms with E-state index in [0.717, 1.165) is 16.0 Å². The molecule has 2 aromatic heterocycles. The minimum absolute atomic E-state index is 0.0857. The Morgan fingerprint density at radius 1 is 1.06 bits per heavy atom. The number of fused-ring (bicyclic) bond motifs is 2. The van der Waals surface area contributed by atoms with Crippen molar-refractivity contribution in [1.82, 2.24) is 14.9 Å². The summed E-state index contributed by atoms with van der Waals surface area (Å²) < 4.78 is 5.31. The van der Waals surface area contributed by atoms with Crippen molar-refractivity contribution < 1.29 is 19.1 Å². The van der Waals surface area contributed by atoms with Gasteiger partial charge in [-0.05, 0) is 23.8 Å². The van der Waals surface area contributed by atoms with Gasteiger partial charge in [0.2, 0.25) is 0 Å². The highest BCUT2D eigenvalue weighted by molar-refractivity contribution is 7.17. The molecule has 0 bridgehead atoms. The van der Waals surface area contributed by atoms with Gasteiger partial charge in [-0.2, -0.15) is 0 Å². The third-order valence-electron chi connectivity index (χ3n) is 5.44. The van der Waals surface area contributed by atoms with Crippen LogP contribution in [0.4, 0.5) is 0 Å². The number of imide groups is 1. The molecule has 5 rings (SSSR count). The zero-order valence-electron chi connectivity index (χ0n) is 17.7. The molecule has 3 heterocycles. The average molecular weight is 471 g/mol. The average Bonchev–Trinajstić information content (AvgIpc) is 3.39. The molecule has 2 amide bonds. The monoisotopic (exact) mass is 471 g/mol. The number of H-pyrrole nitrogens is 1. The number of thiophene rings is 1. The molecule has 1 aliphatic heterocycles. The van der Waals surface area contributed by atoms with E-state index in [1.807, 2.05) is 35.7 Å². The number of esters is 1. The first kappa shape index (κ1) is 21.5. The van der Waals surface area contributed by atoms with E-state index < -0.39 is 17.8 Å². The van der Waals surface area contributed by atoms with Gasteiger partial charge >= 0.3 is 5.97 Å². The molecule has 1 aliphatic rings. The number of carbonyl (C=O) groups is 3. The number of amides is 2. The van der Waals surface area contributed by atoms with Gasteiger partial charge in [0.1, 0.15) is 17.3 Å². The van der Waals surface area contributed by atoms with Gasteiger partial charge in [-0.25, -0.2) is 9.78 Å². The van der Waals surface area contributed by atoms with Crippen LogP contribution in [0.2, 0.25) is 0 Å². The van der Waals surface area contributed by atoms with Crippen LogP contribution in [0.15, 0.2) is 71.4 Å². The first-order valence-electron chi connectivity index (χ1n) is 10.3.